The zero-order chi connectivity index (χ0) is 17.0. The molecule has 1 aromatic rings. The molecule has 128 valence electrons. The lowest BCUT2D eigenvalue weighted by molar-refractivity contribution is -0.138. The summed E-state index contributed by atoms with van der Waals surface area (Å²) in [4.78, 5) is 14.4. The molecule has 2 rings (SSSR count). The number of aryl methyl sites for hydroxylation is 2. The average molecular weight is 318 g/mol. The lowest BCUT2D eigenvalue weighted by Crippen LogP contribution is -2.55. The molecule has 1 heterocycles. The second-order valence-corrected chi connectivity index (χ2v) is 7.05. The van der Waals surface area contributed by atoms with Crippen LogP contribution in [0.1, 0.15) is 50.7 Å². The Bertz CT molecular complexity index is 546. The van der Waals surface area contributed by atoms with Gasteiger partial charge in [-0.25, -0.2) is 0 Å². The van der Waals surface area contributed by atoms with E-state index in [0.29, 0.717) is 0 Å². The Morgan fingerprint density at radius 3 is 2.61 bits per heavy atom. The van der Waals surface area contributed by atoms with Crippen LogP contribution >= 0.6 is 0 Å². The lowest BCUT2D eigenvalue weighted by atomic mass is 9.94. The van der Waals surface area contributed by atoms with Crippen molar-refractivity contribution in [1.82, 2.24) is 4.90 Å². The van der Waals surface area contributed by atoms with Gasteiger partial charge >= 0.3 is 0 Å². The highest BCUT2D eigenvalue weighted by Gasteiger charge is 2.34. The first-order chi connectivity index (χ1) is 10.8. The molecule has 1 aliphatic heterocycles. The number of ether oxygens (including phenoxy) is 1. The summed E-state index contributed by atoms with van der Waals surface area (Å²) < 4.78 is 6.16. The molecule has 0 bridgehead atoms. The molecule has 1 fully saturated rings. The highest BCUT2D eigenvalue weighted by molar-refractivity contribution is 5.85. The van der Waals surface area contributed by atoms with Crippen molar-refractivity contribution >= 4 is 5.91 Å². The summed E-state index contributed by atoms with van der Waals surface area (Å²) in [6.07, 6.45) is 3.55. The largest absolute Gasteiger partial charge is 0.490 e. The predicted octanol–water partition coefficient (Wildman–Crippen LogP) is 3.19. The molecule has 4 heteroatoms. The molecule has 23 heavy (non-hydrogen) atoms. The number of carbonyl (C=O) groups is 1. The molecule has 1 amide bonds. The van der Waals surface area contributed by atoms with E-state index in [1.165, 1.54) is 5.56 Å². The molecule has 1 unspecified atom stereocenters. The van der Waals surface area contributed by atoms with Crippen LogP contribution in [-0.2, 0) is 4.79 Å². The number of hydrogen-bond acceptors (Lipinski definition) is 3. The molecule has 1 aliphatic rings. The first-order valence-electron chi connectivity index (χ1n) is 8.65. The number of rotatable bonds is 5. The first kappa shape index (κ1) is 17.8. The summed E-state index contributed by atoms with van der Waals surface area (Å²) in [6.45, 7) is 9.50. The zero-order valence-corrected chi connectivity index (χ0v) is 14.9. The fourth-order valence-corrected chi connectivity index (χ4v) is 3.18. The fourth-order valence-electron chi connectivity index (χ4n) is 3.18. The van der Waals surface area contributed by atoms with E-state index < -0.39 is 5.54 Å². The normalized spacial score (nSPS) is 18.6. The van der Waals surface area contributed by atoms with Crippen molar-refractivity contribution in [2.75, 3.05) is 13.1 Å². The molecular weight excluding hydrogens is 288 g/mol. The maximum absolute atomic E-state index is 12.5. The highest BCUT2D eigenvalue weighted by Crippen LogP contribution is 2.25. The van der Waals surface area contributed by atoms with Gasteiger partial charge in [-0.05, 0) is 44.4 Å². The van der Waals surface area contributed by atoms with Crippen molar-refractivity contribution in [3.8, 4) is 5.75 Å². The molecule has 4 nitrogen and oxygen atoms in total. The second kappa shape index (κ2) is 7.35. The van der Waals surface area contributed by atoms with E-state index in [0.717, 1.165) is 50.1 Å². The molecule has 0 spiro atoms. The smallest absolute Gasteiger partial charge is 0.242 e. The van der Waals surface area contributed by atoms with Crippen LogP contribution in [0.25, 0.3) is 0 Å². The van der Waals surface area contributed by atoms with Crippen LogP contribution in [0.4, 0.5) is 0 Å². The third kappa shape index (κ3) is 4.47. The number of amides is 1. The van der Waals surface area contributed by atoms with Gasteiger partial charge in [0, 0.05) is 25.9 Å². The van der Waals surface area contributed by atoms with Crippen LogP contribution in [0.15, 0.2) is 18.2 Å². The Balaban J connectivity index is 1.91. The molecule has 1 aromatic carbocycles. The fraction of sp³-hybridized carbons (Fsp3) is 0.632. The number of piperidine rings is 1. The van der Waals surface area contributed by atoms with E-state index >= 15 is 0 Å². The Labute approximate surface area is 140 Å². The van der Waals surface area contributed by atoms with Crippen LogP contribution in [0.2, 0.25) is 0 Å². The standard InChI is InChI=1S/C19H30N2O2/c1-5-10-19(4,20)18(22)21-11-8-16(9-12-21)23-17-13-14(2)6-7-15(17)3/h6-7,13,16H,5,8-12,20H2,1-4H3. The van der Waals surface area contributed by atoms with E-state index in [9.17, 15) is 4.79 Å². The van der Waals surface area contributed by atoms with E-state index in [-0.39, 0.29) is 12.0 Å². The van der Waals surface area contributed by atoms with E-state index in [1.807, 2.05) is 11.8 Å². The number of nitrogens with zero attached hydrogens (tertiary/aromatic N) is 1. The van der Waals surface area contributed by atoms with Gasteiger partial charge in [0.15, 0.2) is 0 Å². The summed E-state index contributed by atoms with van der Waals surface area (Å²) >= 11 is 0. The molecular formula is C19H30N2O2. The SMILES string of the molecule is CCCC(C)(N)C(=O)N1CCC(Oc2cc(C)ccc2C)CC1. The van der Waals surface area contributed by atoms with Gasteiger partial charge in [0.1, 0.15) is 11.9 Å². The summed E-state index contributed by atoms with van der Waals surface area (Å²) in [5.41, 5.74) is 7.80. The molecule has 0 aromatic heterocycles. The number of carbonyl (C=O) groups excluding carboxylic acids is 1. The zero-order valence-electron chi connectivity index (χ0n) is 14.9. The van der Waals surface area contributed by atoms with Gasteiger partial charge in [-0.2, -0.15) is 0 Å². The quantitative estimate of drug-likeness (QED) is 0.907. The van der Waals surface area contributed by atoms with Crippen LogP contribution < -0.4 is 10.5 Å². The Morgan fingerprint density at radius 1 is 1.35 bits per heavy atom. The van der Waals surface area contributed by atoms with Crippen LogP contribution in [0.5, 0.6) is 5.75 Å². The van der Waals surface area contributed by atoms with Crippen molar-refractivity contribution in [2.24, 2.45) is 5.73 Å². The first-order valence-corrected chi connectivity index (χ1v) is 8.65. The van der Waals surface area contributed by atoms with Crippen LogP contribution in [0.3, 0.4) is 0 Å². The minimum Gasteiger partial charge on any atom is -0.490 e. The van der Waals surface area contributed by atoms with Gasteiger partial charge in [-0.15, -0.1) is 0 Å². The highest BCUT2D eigenvalue weighted by atomic mass is 16.5. The third-order valence-electron chi connectivity index (χ3n) is 4.62. The van der Waals surface area contributed by atoms with Gasteiger partial charge in [0.2, 0.25) is 5.91 Å². The third-order valence-corrected chi connectivity index (χ3v) is 4.62. The van der Waals surface area contributed by atoms with Crippen LogP contribution in [0, 0.1) is 13.8 Å². The maximum Gasteiger partial charge on any atom is 0.242 e. The van der Waals surface area contributed by atoms with E-state index in [2.05, 4.69) is 39.0 Å². The van der Waals surface area contributed by atoms with Crippen molar-refractivity contribution in [3.05, 3.63) is 29.3 Å². The molecule has 0 saturated carbocycles. The van der Waals surface area contributed by atoms with Gasteiger partial charge < -0.3 is 15.4 Å². The van der Waals surface area contributed by atoms with Crippen molar-refractivity contribution < 1.29 is 9.53 Å². The molecule has 0 aliphatic carbocycles. The molecule has 1 atom stereocenters. The molecule has 2 N–H and O–H groups in total. The average Bonchev–Trinajstić information content (AvgIpc) is 2.51. The summed E-state index contributed by atoms with van der Waals surface area (Å²) in [6, 6.07) is 6.28. The number of nitrogens with two attached hydrogens (primary N) is 1. The Morgan fingerprint density at radius 2 is 2.00 bits per heavy atom. The number of hydrogen-bond donors (Lipinski definition) is 1. The Kier molecular flexibility index (Phi) is 5.69. The van der Waals surface area contributed by atoms with Crippen molar-refractivity contribution in [2.45, 2.75) is 65.0 Å². The Hall–Kier alpha value is -1.55. The van der Waals surface area contributed by atoms with Gasteiger partial charge in [0.05, 0.1) is 5.54 Å². The second-order valence-electron chi connectivity index (χ2n) is 7.05. The molecule has 1 saturated heterocycles. The minimum absolute atomic E-state index is 0.0736. The van der Waals surface area contributed by atoms with Gasteiger partial charge in [0.25, 0.3) is 0 Å². The van der Waals surface area contributed by atoms with Gasteiger partial charge in [-0.3, -0.25) is 4.79 Å². The topological polar surface area (TPSA) is 55.6 Å². The van der Waals surface area contributed by atoms with E-state index in [4.69, 9.17) is 10.5 Å². The maximum atomic E-state index is 12.5. The summed E-state index contributed by atoms with van der Waals surface area (Å²) in [7, 11) is 0. The number of likely N-dealkylation sites (tertiary alicyclic amines) is 1. The predicted molar refractivity (Wildman–Crippen MR) is 93.6 cm³/mol. The monoisotopic (exact) mass is 318 g/mol. The van der Waals surface area contributed by atoms with Gasteiger partial charge in [-0.1, -0.05) is 25.5 Å². The van der Waals surface area contributed by atoms with E-state index in [1.54, 1.807) is 0 Å². The summed E-state index contributed by atoms with van der Waals surface area (Å²) in [5, 5.41) is 0. The lowest BCUT2D eigenvalue weighted by Gasteiger charge is -2.37. The van der Waals surface area contributed by atoms with Crippen molar-refractivity contribution in [3.63, 3.8) is 0 Å². The summed E-state index contributed by atoms with van der Waals surface area (Å²) in [5.74, 6) is 1.04. The minimum atomic E-state index is -0.741. The van der Waals surface area contributed by atoms with Crippen LogP contribution in [-0.4, -0.2) is 35.5 Å². The van der Waals surface area contributed by atoms with Crippen molar-refractivity contribution in [1.29, 1.82) is 0 Å². The number of benzene rings is 1. The molecule has 0 radical (unpaired) electrons.